The van der Waals surface area contributed by atoms with Crippen LogP contribution >= 0.6 is 0 Å². The molecule has 0 aliphatic heterocycles. The second kappa shape index (κ2) is 4.09. The fourth-order valence-electron chi connectivity index (χ4n) is 0.335. The van der Waals surface area contributed by atoms with Crippen molar-refractivity contribution >= 4 is 5.97 Å². The van der Waals surface area contributed by atoms with Gasteiger partial charge in [-0.15, -0.1) is 0 Å². The van der Waals surface area contributed by atoms with E-state index in [4.69, 9.17) is 4.74 Å². The fourth-order valence-corrected chi connectivity index (χ4v) is 0.335. The van der Waals surface area contributed by atoms with Gasteiger partial charge in [-0.05, 0) is 20.8 Å². The molecule has 1 unspecified atom stereocenters. The highest BCUT2D eigenvalue weighted by atomic mass is 16.5. The average molecular weight is 141 g/mol. The fraction of sp³-hybridized carbons (Fsp3) is 0.500. The first-order valence-electron chi connectivity index (χ1n) is 3.21. The van der Waals surface area contributed by atoms with Crippen LogP contribution in [0.25, 0.3) is 0 Å². The molecule has 0 aromatic carbocycles. The van der Waals surface area contributed by atoms with Gasteiger partial charge < -0.3 is 4.74 Å². The van der Waals surface area contributed by atoms with Crippen LogP contribution in [0.1, 0.15) is 20.8 Å². The van der Waals surface area contributed by atoms with Gasteiger partial charge in [0.05, 0.1) is 5.92 Å². The lowest BCUT2D eigenvalue weighted by Gasteiger charge is -2.09. The molecule has 0 rings (SSSR count). The summed E-state index contributed by atoms with van der Waals surface area (Å²) in [4.78, 5) is 10.8. The molecule has 1 radical (unpaired) electrons. The summed E-state index contributed by atoms with van der Waals surface area (Å²) in [6.45, 7) is 8.70. The highest BCUT2D eigenvalue weighted by Crippen LogP contribution is 2.02. The van der Waals surface area contributed by atoms with E-state index in [9.17, 15) is 4.79 Å². The number of hydrogen-bond donors (Lipinski definition) is 0. The Labute approximate surface area is 61.9 Å². The van der Waals surface area contributed by atoms with E-state index in [-0.39, 0.29) is 12.1 Å². The molecule has 0 fully saturated rings. The van der Waals surface area contributed by atoms with E-state index in [1.54, 1.807) is 26.8 Å². The van der Waals surface area contributed by atoms with Crippen molar-refractivity contribution in [3.05, 3.63) is 18.6 Å². The van der Waals surface area contributed by atoms with Crippen LogP contribution in [0.5, 0.6) is 0 Å². The topological polar surface area (TPSA) is 26.3 Å². The Kier molecular flexibility index (Phi) is 3.77. The number of ether oxygens (including phenoxy) is 1. The molecule has 10 heavy (non-hydrogen) atoms. The summed E-state index contributed by atoms with van der Waals surface area (Å²) in [6.07, 6.45) is 1.39. The van der Waals surface area contributed by atoms with E-state index in [0.29, 0.717) is 5.92 Å². The highest BCUT2D eigenvalue weighted by Gasteiger charge is 2.10. The Balaban J connectivity index is 3.68. The zero-order valence-electron chi connectivity index (χ0n) is 6.68. The van der Waals surface area contributed by atoms with Gasteiger partial charge in [0.25, 0.3) is 0 Å². The zero-order valence-corrected chi connectivity index (χ0v) is 6.68. The van der Waals surface area contributed by atoms with Crippen LogP contribution in [0.3, 0.4) is 0 Å². The standard InChI is InChI=1S/C8H13O2/c1-5-7(4)10-8(9)6(2)3/h5,7H,1H2,2-4H3. The van der Waals surface area contributed by atoms with E-state index < -0.39 is 0 Å². The normalized spacial score (nSPS) is 12.8. The van der Waals surface area contributed by atoms with E-state index in [2.05, 4.69) is 6.58 Å². The summed E-state index contributed by atoms with van der Waals surface area (Å²) in [5, 5.41) is 0. The smallest absolute Gasteiger partial charge is 0.313 e. The minimum Gasteiger partial charge on any atom is -0.458 e. The summed E-state index contributed by atoms with van der Waals surface area (Å²) in [5.41, 5.74) is 0. The monoisotopic (exact) mass is 141 g/mol. The maximum atomic E-state index is 10.8. The first kappa shape index (κ1) is 9.21. The zero-order chi connectivity index (χ0) is 8.15. The van der Waals surface area contributed by atoms with Gasteiger partial charge in [-0.3, -0.25) is 4.79 Å². The minimum atomic E-state index is -0.257. The molecule has 0 aromatic heterocycles. The van der Waals surface area contributed by atoms with Crippen molar-refractivity contribution in [3.63, 3.8) is 0 Å². The summed E-state index contributed by atoms with van der Waals surface area (Å²) in [5.74, 6) is 0.404. The molecule has 0 amide bonds. The molecule has 57 valence electrons. The van der Waals surface area contributed by atoms with Crippen LogP contribution < -0.4 is 0 Å². The van der Waals surface area contributed by atoms with E-state index in [1.165, 1.54) is 0 Å². The van der Waals surface area contributed by atoms with Crippen LogP contribution in [-0.2, 0) is 9.53 Å². The first-order chi connectivity index (χ1) is 4.57. The third kappa shape index (κ3) is 3.28. The van der Waals surface area contributed by atoms with E-state index >= 15 is 0 Å². The lowest BCUT2D eigenvalue weighted by Crippen LogP contribution is -2.15. The maximum Gasteiger partial charge on any atom is 0.313 e. The van der Waals surface area contributed by atoms with Gasteiger partial charge in [-0.25, -0.2) is 0 Å². The molecule has 0 spiro atoms. The molecule has 0 saturated carbocycles. The predicted molar refractivity (Wildman–Crippen MR) is 40.3 cm³/mol. The molecule has 2 heteroatoms. The number of hydrogen-bond acceptors (Lipinski definition) is 2. The van der Waals surface area contributed by atoms with Gasteiger partial charge in [-0.1, -0.05) is 12.7 Å². The molecule has 1 atom stereocenters. The summed E-state index contributed by atoms with van der Waals surface area (Å²) < 4.78 is 4.87. The van der Waals surface area contributed by atoms with E-state index in [1.807, 2.05) is 0 Å². The highest BCUT2D eigenvalue weighted by molar-refractivity contribution is 5.83. The van der Waals surface area contributed by atoms with Crippen molar-refractivity contribution in [1.29, 1.82) is 0 Å². The molecule has 0 heterocycles. The maximum absolute atomic E-state index is 10.8. The van der Waals surface area contributed by atoms with Gasteiger partial charge in [0.15, 0.2) is 0 Å². The molecule has 0 bridgehead atoms. The third-order valence-corrected chi connectivity index (χ3v) is 1.03. The summed E-state index contributed by atoms with van der Waals surface area (Å²) >= 11 is 0. The Morgan fingerprint density at radius 2 is 2.10 bits per heavy atom. The second-order valence-corrected chi connectivity index (χ2v) is 2.35. The molecule has 0 aromatic rings. The SMILES string of the molecule is C=CC(C)OC(=O)[C](C)C. The Hall–Kier alpha value is -0.790. The Bertz CT molecular complexity index is 127. The Morgan fingerprint density at radius 1 is 1.60 bits per heavy atom. The van der Waals surface area contributed by atoms with Crippen LogP contribution in [-0.4, -0.2) is 12.1 Å². The predicted octanol–water partition coefficient (Wildman–Crippen LogP) is 1.72. The molecule has 0 aliphatic carbocycles. The van der Waals surface area contributed by atoms with Crippen LogP contribution in [0.2, 0.25) is 0 Å². The average Bonchev–Trinajstić information content (AvgIpc) is 1.87. The molecular weight excluding hydrogens is 128 g/mol. The number of rotatable bonds is 3. The van der Waals surface area contributed by atoms with Crippen molar-refractivity contribution in [2.45, 2.75) is 26.9 Å². The quantitative estimate of drug-likeness (QED) is 0.442. The van der Waals surface area contributed by atoms with Crippen LogP contribution in [0.15, 0.2) is 12.7 Å². The molecule has 0 N–H and O–H groups in total. The number of esters is 1. The van der Waals surface area contributed by atoms with Gasteiger partial charge in [-0.2, -0.15) is 0 Å². The molecular formula is C8H13O2. The first-order valence-corrected chi connectivity index (χ1v) is 3.21. The summed E-state index contributed by atoms with van der Waals surface area (Å²) in [7, 11) is 0. The summed E-state index contributed by atoms with van der Waals surface area (Å²) in [6, 6.07) is 0. The van der Waals surface area contributed by atoms with Gasteiger partial charge in [0.1, 0.15) is 6.10 Å². The van der Waals surface area contributed by atoms with E-state index in [0.717, 1.165) is 0 Å². The van der Waals surface area contributed by atoms with Crippen molar-refractivity contribution in [1.82, 2.24) is 0 Å². The van der Waals surface area contributed by atoms with Crippen LogP contribution in [0, 0.1) is 5.92 Å². The van der Waals surface area contributed by atoms with Gasteiger partial charge >= 0.3 is 5.97 Å². The number of carbonyl (C=O) groups is 1. The molecule has 2 nitrogen and oxygen atoms in total. The molecule has 0 saturated heterocycles. The van der Waals surface area contributed by atoms with Gasteiger partial charge in [0, 0.05) is 0 Å². The lowest BCUT2D eigenvalue weighted by atomic mass is 10.2. The minimum absolute atomic E-state index is 0.192. The number of carbonyl (C=O) groups excluding carboxylic acids is 1. The third-order valence-electron chi connectivity index (χ3n) is 1.03. The van der Waals surface area contributed by atoms with Crippen molar-refractivity contribution in [3.8, 4) is 0 Å². The van der Waals surface area contributed by atoms with Crippen LogP contribution in [0.4, 0.5) is 0 Å². The lowest BCUT2D eigenvalue weighted by molar-refractivity contribution is -0.143. The van der Waals surface area contributed by atoms with Crippen molar-refractivity contribution in [2.75, 3.05) is 0 Å². The van der Waals surface area contributed by atoms with Gasteiger partial charge in [0.2, 0.25) is 0 Å². The van der Waals surface area contributed by atoms with Crippen molar-refractivity contribution < 1.29 is 9.53 Å². The molecule has 0 aliphatic rings. The largest absolute Gasteiger partial charge is 0.458 e. The van der Waals surface area contributed by atoms with Crippen molar-refractivity contribution in [2.24, 2.45) is 0 Å². The second-order valence-electron chi connectivity index (χ2n) is 2.35. The Morgan fingerprint density at radius 3 is 2.40 bits per heavy atom.